The number of amides is 1. The van der Waals surface area contributed by atoms with Crippen LogP contribution in [-0.4, -0.2) is 31.0 Å². The Morgan fingerprint density at radius 3 is 2.37 bits per heavy atom. The van der Waals surface area contributed by atoms with E-state index in [1.165, 1.54) is 19.2 Å². The number of benzene rings is 2. The van der Waals surface area contributed by atoms with Crippen LogP contribution in [0.2, 0.25) is 10.0 Å². The number of hydrogen-bond donors (Lipinski definition) is 0. The van der Waals surface area contributed by atoms with Crippen molar-refractivity contribution in [2.75, 3.05) is 20.2 Å². The van der Waals surface area contributed by atoms with Crippen LogP contribution >= 0.6 is 23.2 Å². The molecule has 7 heteroatoms. The number of piperidine rings is 1. The van der Waals surface area contributed by atoms with E-state index in [1.807, 2.05) is 11.0 Å². The zero-order valence-corrected chi connectivity index (χ0v) is 16.3. The van der Waals surface area contributed by atoms with Crippen LogP contribution in [0.25, 0.3) is 0 Å². The predicted octanol–water partition coefficient (Wildman–Crippen LogP) is 5.29. The number of hydrogen-bond acceptors (Lipinski definition) is 4. The molecule has 1 amide bonds. The second kappa shape index (κ2) is 8.51. The summed E-state index contributed by atoms with van der Waals surface area (Å²) in [4.78, 5) is 14.7. The molecule has 0 aromatic heterocycles. The average Bonchev–Trinajstić information content (AvgIpc) is 2.70. The normalized spacial score (nSPS) is 13.8. The van der Waals surface area contributed by atoms with E-state index in [4.69, 9.17) is 37.9 Å². The maximum Gasteiger partial charge on any atom is 0.257 e. The third kappa shape index (κ3) is 4.29. The van der Waals surface area contributed by atoms with Crippen molar-refractivity contribution in [3.05, 3.63) is 51.5 Å². The first-order chi connectivity index (χ1) is 13.0. The summed E-state index contributed by atoms with van der Waals surface area (Å²) in [5, 5.41) is 9.42. The van der Waals surface area contributed by atoms with Gasteiger partial charge >= 0.3 is 0 Å². The van der Waals surface area contributed by atoms with E-state index in [0.717, 1.165) is 32.4 Å². The highest BCUT2D eigenvalue weighted by Crippen LogP contribution is 2.38. The molecule has 0 spiro atoms. The Kier molecular flexibility index (Phi) is 6.10. The van der Waals surface area contributed by atoms with Gasteiger partial charge in [0.2, 0.25) is 0 Å². The Bertz CT molecular complexity index is 880. The van der Waals surface area contributed by atoms with Crippen molar-refractivity contribution >= 4 is 29.1 Å². The van der Waals surface area contributed by atoms with Crippen molar-refractivity contribution < 1.29 is 14.3 Å². The van der Waals surface area contributed by atoms with Crippen molar-refractivity contribution in [3.8, 4) is 23.3 Å². The lowest BCUT2D eigenvalue weighted by Gasteiger charge is -2.27. The first-order valence-electron chi connectivity index (χ1n) is 8.58. The van der Waals surface area contributed by atoms with E-state index >= 15 is 0 Å². The largest absolute Gasteiger partial charge is 0.496 e. The molecule has 1 fully saturated rings. The number of nitrogens with zero attached hydrogens (tertiary/aromatic N) is 2. The van der Waals surface area contributed by atoms with Crippen LogP contribution in [0.15, 0.2) is 30.3 Å². The van der Waals surface area contributed by atoms with Crippen molar-refractivity contribution in [3.63, 3.8) is 0 Å². The summed E-state index contributed by atoms with van der Waals surface area (Å²) in [6.45, 7) is 1.47. The second-order valence-corrected chi connectivity index (χ2v) is 7.01. The van der Waals surface area contributed by atoms with E-state index in [2.05, 4.69) is 0 Å². The minimum absolute atomic E-state index is 0.0889. The molecule has 140 valence electrons. The molecular weight excluding hydrogens is 387 g/mol. The predicted molar refractivity (Wildman–Crippen MR) is 104 cm³/mol. The minimum Gasteiger partial charge on any atom is -0.496 e. The molecule has 1 heterocycles. The number of nitriles is 1. The smallest absolute Gasteiger partial charge is 0.257 e. The van der Waals surface area contributed by atoms with Crippen LogP contribution in [0, 0.1) is 11.3 Å². The van der Waals surface area contributed by atoms with Gasteiger partial charge in [0.15, 0.2) is 5.75 Å². The maximum absolute atomic E-state index is 12.9. The number of carbonyl (C=O) groups is 1. The highest BCUT2D eigenvalue weighted by atomic mass is 35.5. The van der Waals surface area contributed by atoms with Gasteiger partial charge < -0.3 is 14.4 Å². The van der Waals surface area contributed by atoms with Gasteiger partial charge in [-0.05, 0) is 49.6 Å². The van der Waals surface area contributed by atoms with Crippen molar-refractivity contribution in [1.82, 2.24) is 4.90 Å². The summed E-state index contributed by atoms with van der Waals surface area (Å²) in [6.07, 6.45) is 3.14. The van der Waals surface area contributed by atoms with E-state index < -0.39 is 0 Å². The molecule has 0 bridgehead atoms. The van der Waals surface area contributed by atoms with Crippen molar-refractivity contribution in [2.24, 2.45) is 0 Å². The molecule has 0 N–H and O–H groups in total. The lowest BCUT2D eigenvalue weighted by atomic mass is 10.1. The van der Waals surface area contributed by atoms with Crippen molar-refractivity contribution in [1.29, 1.82) is 5.26 Å². The zero-order valence-electron chi connectivity index (χ0n) is 14.8. The topological polar surface area (TPSA) is 62.6 Å². The summed E-state index contributed by atoms with van der Waals surface area (Å²) in [5.74, 6) is 1.03. The fourth-order valence-corrected chi connectivity index (χ4v) is 3.59. The highest BCUT2D eigenvalue weighted by molar-refractivity contribution is 6.37. The molecule has 1 saturated heterocycles. The zero-order chi connectivity index (χ0) is 19.4. The van der Waals surface area contributed by atoms with Crippen LogP contribution in [0.4, 0.5) is 0 Å². The molecule has 2 aromatic rings. The third-order valence-corrected chi connectivity index (χ3v) is 4.95. The number of carbonyl (C=O) groups excluding carboxylic acids is 1. The molecule has 0 aliphatic carbocycles. The first kappa shape index (κ1) is 19.3. The monoisotopic (exact) mass is 404 g/mol. The van der Waals surface area contributed by atoms with Crippen LogP contribution < -0.4 is 9.47 Å². The van der Waals surface area contributed by atoms with Gasteiger partial charge in [-0.15, -0.1) is 0 Å². The fraction of sp³-hybridized carbons (Fsp3) is 0.300. The molecule has 0 saturated carbocycles. The molecule has 27 heavy (non-hydrogen) atoms. The average molecular weight is 405 g/mol. The Balaban J connectivity index is 1.92. The van der Waals surface area contributed by atoms with E-state index in [1.54, 1.807) is 18.2 Å². The molecule has 1 aliphatic heterocycles. The minimum atomic E-state index is -0.0889. The molecule has 1 aliphatic rings. The van der Waals surface area contributed by atoms with E-state index in [-0.39, 0.29) is 21.7 Å². The van der Waals surface area contributed by atoms with Gasteiger partial charge in [-0.25, -0.2) is 0 Å². The Morgan fingerprint density at radius 1 is 1.11 bits per heavy atom. The standard InChI is InChI=1S/C20H18Cl2N2O3/c1-26-18-6-5-14(11-15(18)20(25)24-7-3-2-4-8-24)27-19-16(21)9-13(12-23)10-17(19)22/h5-6,9-11H,2-4,7-8H2,1H3. The quantitative estimate of drug-likeness (QED) is 0.693. The summed E-state index contributed by atoms with van der Waals surface area (Å²) < 4.78 is 11.2. The van der Waals surface area contributed by atoms with Crippen molar-refractivity contribution in [2.45, 2.75) is 19.3 Å². The van der Waals surface area contributed by atoms with Gasteiger partial charge in [-0.1, -0.05) is 23.2 Å². The molecule has 0 atom stereocenters. The summed E-state index contributed by atoms with van der Waals surface area (Å²) in [7, 11) is 1.52. The van der Waals surface area contributed by atoms with Crippen LogP contribution in [0.1, 0.15) is 35.2 Å². The van der Waals surface area contributed by atoms with E-state index in [9.17, 15) is 4.79 Å². The maximum atomic E-state index is 12.9. The molecule has 0 radical (unpaired) electrons. The molecule has 5 nitrogen and oxygen atoms in total. The number of halogens is 2. The summed E-state index contributed by atoms with van der Waals surface area (Å²) in [5.41, 5.74) is 0.769. The number of methoxy groups -OCH3 is 1. The molecular formula is C20H18Cl2N2O3. The number of ether oxygens (including phenoxy) is 2. The number of rotatable bonds is 4. The van der Waals surface area contributed by atoms with Crippen LogP contribution in [0.3, 0.4) is 0 Å². The van der Waals surface area contributed by atoms with E-state index in [0.29, 0.717) is 22.6 Å². The third-order valence-electron chi connectivity index (χ3n) is 4.39. The second-order valence-electron chi connectivity index (χ2n) is 6.20. The van der Waals surface area contributed by atoms with Gasteiger partial charge in [0.1, 0.15) is 11.5 Å². The summed E-state index contributed by atoms with van der Waals surface area (Å²) >= 11 is 12.4. The summed E-state index contributed by atoms with van der Waals surface area (Å²) in [6, 6.07) is 9.92. The fourth-order valence-electron chi connectivity index (χ4n) is 3.02. The molecule has 0 unspecified atom stereocenters. The lowest BCUT2D eigenvalue weighted by molar-refractivity contribution is 0.0720. The Labute approximate surface area is 168 Å². The van der Waals surface area contributed by atoms with Gasteiger partial charge in [0.05, 0.1) is 34.4 Å². The lowest BCUT2D eigenvalue weighted by Crippen LogP contribution is -2.35. The highest BCUT2D eigenvalue weighted by Gasteiger charge is 2.22. The van der Waals surface area contributed by atoms with Crippen LogP contribution in [0.5, 0.6) is 17.2 Å². The first-order valence-corrected chi connectivity index (χ1v) is 9.33. The molecule has 3 rings (SSSR count). The number of likely N-dealkylation sites (tertiary alicyclic amines) is 1. The van der Waals surface area contributed by atoms with Gasteiger partial charge in [-0.3, -0.25) is 4.79 Å². The molecule has 2 aromatic carbocycles. The SMILES string of the molecule is COc1ccc(Oc2c(Cl)cc(C#N)cc2Cl)cc1C(=O)N1CCCCC1. The Hall–Kier alpha value is -2.42. The van der Waals surface area contributed by atoms with Gasteiger partial charge in [0.25, 0.3) is 5.91 Å². The van der Waals surface area contributed by atoms with Gasteiger partial charge in [-0.2, -0.15) is 5.26 Å². The van der Waals surface area contributed by atoms with Crippen LogP contribution in [-0.2, 0) is 0 Å². The van der Waals surface area contributed by atoms with Gasteiger partial charge in [0, 0.05) is 13.1 Å². The Morgan fingerprint density at radius 2 is 1.78 bits per heavy atom.